The average Bonchev–Trinajstić information content (AvgIpc) is 2.31. The lowest BCUT2D eigenvalue weighted by atomic mass is 10.2. The Labute approximate surface area is 126 Å². The highest BCUT2D eigenvalue weighted by Gasteiger charge is 2.29. The van der Waals surface area contributed by atoms with Crippen molar-refractivity contribution in [3.05, 3.63) is 28.8 Å². The molecule has 0 radical (unpaired) electrons. The van der Waals surface area contributed by atoms with Crippen LogP contribution >= 0.6 is 43.5 Å². The molecule has 0 saturated carbocycles. The molecule has 1 amide bonds. The number of rotatable bonds is 4. The van der Waals surface area contributed by atoms with Crippen molar-refractivity contribution >= 4 is 61.0 Å². The molecule has 0 heterocycles. The summed E-state index contributed by atoms with van der Waals surface area (Å²) in [7, 11) is 0. The molecule has 0 aliphatic carbocycles. The Bertz CT molecular complexity index is 481. The number of amides is 1. The predicted molar refractivity (Wildman–Crippen MR) is 77.9 cm³/mol. The normalized spacial score (nSPS) is 13.8. The van der Waals surface area contributed by atoms with Crippen LogP contribution in [0.25, 0.3) is 0 Å². The monoisotopic (exact) mass is 397 g/mol. The third-order valence-electron chi connectivity index (χ3n) is 2.18. The molecule has 2 atom stereocenters. The Morgan fingerprint density at radius 2 is 1.94 bits per heavy atom. The van der Waals surface area contributed by atoms with Crippen molar-refractivity contribution in [1.82, 2.24) is 0 Å². The number of aryl methyl sites for hydroxylation is 1. The zero-order valence-electron chi connectivity index (χ0n) is 9.28. The summed E-state index contributed by atoms with van der Waals surface area (Å²) >= 11 is 11.9. The number of anilines is 1. The zero-order valence-corrected chi connectivity index (χ0v) is 13.2. The third-order valence-corrected chi connectivity index (χ3v) is 5.16. The molecule has 98 valence electrons. The number of carbonyl (C=O) groups is 2. The van der Waals surface area contributed by atoms with E-state index >= 15 is 0 Å². The van der Waals surface area contributed by atoms with Gasteiger partial charge in [-0.3, -0.25) is 9.59 Å². The van der Waals surface area contributed by atoms with E-state index in [4.69, 9.17) is 16.7 Å². The highest BCUT2D eigenvalue weighted by molar-refractivity contribution is 9.12. The van der Waals surface area contributed by atoms with Gasteiger partial charge in [-0.15, -0.1) is 0 Å². The van der Waals surface area contributed by atoms with Crippen LogP contribution in [0.4, 0.5) is 5.69 Å². The van der Waals surface area contributed by atoms with Crippen LogP contribution in [0.2, 0.25) is 5.02 Å². The van der Waals surface area contributed by atoms with Gasteiger partial charge in [0.25, 0.3) is 0 Å². The van der Waals surface area contributed by atoms with Crippen molar-refractivity contribution in [1.29, 1.82) is 0 Å². The van der Waals surface area contributed by atoms with Crippen LogP contribution in [0.15, 0.2) is 18.2 Å². The van der Waals surface area contributed by atoms with E-state index in [0.717, 1.165) is 5.56 Å². The molecule has 18 heavy (non-hydrogen) atoms. The molecule has 0 aromatic heterocycles. The Morgan fingerprint density at radius 3 is 2.44 bits per heavy atom. The smallest absolute Gasteiger partial charge is 0.318 e. The maximum absolute atomic E-state index is 11.8. The molecule has 0 fully saturated rings. The Balaban J connectivity index is 2.75. The van der Waals surface area contributed by atoms with Crippen molar-refractivity contribution < 1.29 is 14.7 Å². The molecule has 0 unspecified atom stereocenters. The molecule has 0 saturated heterocycles. The number of carboxylic acid groups (broad SMARTS) is 1. The second kappa shape index (κ2) is 6.54. The molecule has 1 rings (SSSR count). The van der Waals surface area contributed by atoms with E-state index in [1.165, 1.54) is 0 Å². The first kappa shape index (κ1) is 15.5. The molecule has 0 aliphatic rings. The maximum Gasteiger partial charge on any atom is 0.318 e. The fraction of sp³-hybridized carbons (Fsp3) is 0.273. The third kappa shape index (κ3) is 3.96. The lowest BCUT2D eigenvalue weighted by Crippen LogP contribution is -2.34. The number of aliphatic carboxylic acids is 1. The summed E-state index contributed by atoms with van der Waals surface area (Å²) in [4.78, 5) is 20.6. The van der Waals surface area contributed by atoms with Crippen LogP contribution in [-0.4, -0.2) is 26.6 Å². The summed E-state index contributed by atoms with van der Waals surface area (Å²) in [5.74, 6) is -1.58. The Hall–Kier alpha value is -0.590. The summed E-state index contributed by atoms with van der Waals surface area (Å²) < 4.78 is 0. The molecule has 1 aromatic carbocycles. The number of halogens is 3. The van der Waals surface area contributed by atoms with Crippen LogP contribution in [0.1, 0.15) is 5.56 Å². The van der Waals surface area contributed by atoms with E-state index in [9.17, 15) is 9.59 Å². The number of nitrogens with one attached hydrogen (secondary N) is 1. The van der Waals surface area contributed by atoms with E-state index in [2.05, 4.69) is 37.2 Å². The molecule has 1 aromatic rings. The summed E-state index contributed by atoms with van der Waals surface area (Å²) in [6.07, 6.45) is 0. The lowest BCUT2D eigenvalue weighted by molar-refractivity contribution is -0.137. The van der Waals surface area contributed by atoms with Gasteiger partial charge in [-0.1, -0.05) is 49.5 Å². The molecule has 4 nitrogen and oxygen atoms in total. The molecule has 0 spiro atoms. The quantitative estimate of drug-likeness (QED) is 0.764. The SMILES string of the molecule is Cc1ccc(NC(=O)[C@@H](Br)[C@H](Br)C(=O)O)cc1Cl. The molecular weight excluding hydrogens is 389 g/mol. The van der Waals surface area contributed by atoms with E-state index in [1.807, 2.05) is 6.92 Å². The van der Waals surface area contributed by atoms with Gasteiger partial charge in [-0.2, -0.15) is 0 Å². The lowest BCUT2D eigenvalue weighted by Gasteiger charge is -2.13. The number of alkyl halides is 2. The second-order valence-electron chi connectivity index (χ2n) is 3.59. The van der Waals surface area contributed by atoms with Gasteiger partial charge in [0.05, 0.1) is 0 Å². The number of benzene rings is 1. The number of hydrogen-bond acceptors (Lipinski definition) is 2. The van der Waals surface area contributed by atoms with Gasteiger partial charge in [0.15, 0.2) is 0 Å². The van der Waals surface area contributed by atoms with Gasteiger partial charge >= 0.3 is 5.97 Å². The minimum atomic E-state index is -1.12. The fourth-order valence-electron chi connectivity index (χ4n) is 1.14. The fourth-order valence-corrected chi connectivity index (χ4v) is 1.90. The standard InChI is InChI=1S/C11H10Br2ClNO3/c1-5-2-3-6(4-7(5)14)15-10(16)8(12)9(13)11(17)18/h2-4,8-9H,1H3,(H,15,16)(H,17,18)/t8-,9-/m0/s1. The number of carbonyl (C=O) groups excluding carboxylic acids is 1. The second-order valence-corrected chi connectivity index (χ2v) is 5.98. The number of hydrogen-bond donors (Lipinski definition) is 2. The van der Waals surface area contributed by atoms with E-state index < -0.39 is 21.5 Å². The minimum absolute atomic E-state index is 0.459. The van der Waals surface area contributed by atoms with Crippen molar-refractivity contribution in [3.63, 3.8) is 0 Å². The summed E-state index contributed by atoms with van der Waals surface area (Å²) in [6.45, 7) is 1.85. The topological polar surface area (TPSA) is 66.4 Å². The molecule has 0 aliphatic heterocycles. The van der Waals surface area contributed by atoms with Crippen LogP contribution in [0.3, 0.4) is 0 Å². The van der Waals surface area contributed by atoms with Gasteiger partial charge in [0.1, 0.15) is 9.65 Å². The first-order valence-electron chi connectivity index (χ1n) is 4.91. The minimum Gasteiger partial charge on any atom is -0.480 e. The highest BCUT2D eigenvalue weighted by Crippen LogP contribution is 2.22. The van der Waals surface area contributed by atoms with Crippen LogP contribution < -0.4 is 5.32 Å². The molecule has 0 bridgehead atoms. The maximum atomic E-state index is 11.8. The first-order chi connectivity index (χ1) is 8.32. The van der Waals surface area contributed by atoms with E-state index in [0.29, 0.717) is 10.7 Å². The summed E-state index contributed by atoms with van der Waals surface area (Å²) in [5.41, 5.74) is 1.42. The van der Waals surface area contributed by atoms with E-state index in [-0.39, 0.29) is 0 Å². The van der Waals surface area contributed by atoms with E-state index in [1.54, 1.807) is 18.2 Å². The van der Waals surface area contributed by atoms with Gasteiger partial charge in [-0.25, -0.2) is 0 Å². The van der Waals surface area contributed by atoms with Crippen molar-refractivity contribution in [3.8, 4) is 0 Å². The molecule has 7 heteroatoms. The average molecular weight is 399 g/mol. The van der Waals surface area contributed by atoms with Crippen molar-refractivity contribution in [2.45, 2.75) is 16.6 Å². The number of carboxylic acids is 1. The molecular formula is C11H10Br2ClNO3. The van der Waals surface area contributed by atoms with Gasteiger partial charge in [0, 0.05) is 10.7 Å². The van der Waals surface area contributed by atoms with Crippen molar-refractivity contribution in [2.24, 2.45) is 0 Å². The van der Waals surface area contributed by atoms with Gasteiger partial charge < -0.3 is 10.4 Å². The largest absolute Gasteiger partial charge is 0.480 e. The van der Waals surface area contributed by atoms with Crippen LogP contribution in [-0.2, 0) is 9.59 Å². The van der Waals surface area contributed by atoms with Gasteiger partial charge in [0.2, 0.25) is 5.91 Å². The predicted octanol–water partition coefficient (Wildman–Crippen LogP) is 3.20. The summed E-state index contributed by atoms with van der Waals surface area (Å²) in [5, 5.41) is 11.9. The van der Waals surface area contributed by atoms with Crippen LogP contribution in [0, 0.1) is 6.92 Å². The summed E-state index contributed by atoms with van der Waals surface area (Å²) in [6, 6.07) is 5.07. The molecule has 2 N–H and O–H groups in total. The Morgan fingerprint density at radius 1 is 1.33 bits per heavy atom. The van der Waals surface area contributed by atoms with Crippen molar-refractivity contribution in [2.75, 3.05) is 5.32 Å². The zero-order chi connectivity index (χ0) is 13.9. The van der Waals surface area contributed by atoms with Gasteiger partial charge in [-0.05, 0) is 24.6 Å². The van der Waals surface area contributed by atoms with Crippen LogP contribution in [0.5, 0.6) is 0 Å². The first-order valence-corrected chi connectivity index (χ1v) is 7.12. The highest BCUT2D eigenvalue weighted by atomic mass is 79.9. The Kier molecular flexibility index (Phi) is 5.62.